The Morgan fingerprint density at radius 1 is 1.36 bits per heavy atom. The second-order valence-corrected chi connectivity index (χ2v) is 8.92. The molecule has 25 heavy (non-hydrogen) atoms. The molecule has 0 unspecified atom stereocenters. The fourth-order valence-electron chi connectivity index (χ4n) is 5.74. The minimum Gasteiger partial charge on any atom is -0.462 e. The molecule has 0 aromatic rings. The number of carbonyl (C=O) groups is 1. The van der Waals surface area contributed by atoms with Crippen molar-refractivity contribution in [1.82, 2.24) is 0 Å². The number of allylic oxidation sites excluding steroid dienone is 2. The van der Waals surface area contributed by atoms with E-state index in [2.05, 4.69) is 19.6 Å². The molecule has 0 aromatic carbocycles. The zero-order chi connectivity index (χ0) is 18.4. The molecule has 0 amide bonds. The highest BCUT2D eigenvalue weighted by Crippen LogP contribution is 2.61. The summed E-state index contributed by atoms with van der Waals surface area (Å²) in [6, 6.07) is 0. The average molecular weight is 348 g/mol. The molecule has 6 atom stereocenters. The van der Waals surface area contributed by atoms with Gasteiger partial charge in [0, 0.05) is 16.9 Å². The summed E-state index contributed by atoms with van der Waals surface area (Å²) in [6.45, 7) is 11.2. The highest BCUT2D eigenvalue weighted by molar-refractivity contribution is 5.90. The van der Waals surface area contributed by atoms with Crippen LogP contribution in [0.4, 0.5) is 0 Å². The van der Waals surface area contributed by atoms with Crippen molar-refractivity contribution in [2.45, 2.75) is 59.0 Å². The number of hydrogen-bond acceptors (Lipinski definition) is 4. The van der Waals surface area contributed by atoms with Gasteiger partial charge in [-0.2, -0.15) is 0 Å². The Kier molecular flexibility index (Phi) is 4.89. The molecule has 0 bridgehead atoms. The fraction of sp³-hybridized carbons (Fsp3) is 0.762. The standard InChI is InChI=1S/C21H32O4/c1-13-5-8-17-20(3,10-9-18(23)21(17,4)12-22)16(13)7-6-15-14(2)11-25-19(15)24/h6,14,16-18,22-23H,1,5,7-12H2,2-4H3/b15-6+/t14-,16-,17+,18-,20+,21+/m1/s1. The van der Waals surface area contributed by atoms with E-state index in [9.17, 15) is 15.0 Å². The van der Waals surface area contributed by atoms with E-state index in [1.165, 1.54) is 5.57 Å². The molecule has 4 heteroatoms. The largest absolute Gasteiger partial charge is 0.462 e. The normalized spacial score (nSPS) is 46.2. The molecule has 0 spiro atoms. The van der Waals surface area contributed by atoms with Gasteiger partial charge in [-0.3, -0.25) is 0 Å². The smallest absolute Gasteiger partial charge is 0.334 e. The predicted octanol–water partition coefficient (Wildman–Crippen LogP) is 3.24. The number of hydrogen-bond donors (Lipinski definition) is 2. The van der Waals surface area contributed by atoms with Crippen molar-refractivity contribution in [2.75, 3.05) is 13.2 Å². The second-order valence-electron chi connectivity index (χ2n) is 8.92. The molecule has 2 saturated carbocycles. The van der Waals surface area contributed by atoms with Gasteiger partial charge in [0.1, 0.15) is 0 Å². The maximum absolute atomic E-state index is 11.9. The Balaban J connectivity index is 1.89. The Labute approximate surface area is 151 Å². The van der Waals surface area contributed by atoms with Gasteiger partial charge in [0.25, 0.3) is 0 Å². The number of fused-ring (bicyclic) bond motifs is 1. The number of carbonyl (C=O) groups excluding carboxylic acids is 1. The summed E-state index contributed by atoms with van der Waals surface area (Å²) >= 11 is 0. The van der Waals surface area contributed by atoms with Crippen LogP contribution in [0.15, 0.2) is 23.8 Å². The van der Waals surface area contributed by atoms with Crippen molar-refractivity contribution >= 4 is 5.97 Å². The lowest BCUT2D eigenvalue weighted by Gasteiger charge is -2.59. The number of cyclic esters (lactones) is 1. The maximum Gasteiger partial charge on any atom is 0.334 e. The number of rotatable bonds is 3. The van der Waals surface area contributed by atoms with Crippen LogP contribution < -0.4 is 0 Å². The first-order chi connectivity index (χ1) is 11.7. The topological polar surface area (TPSA) is 66.8 Å². The van der Waals surface area contributed by atoms with Crippen molar-refractivity contribution in [3.63, 3.8) is 0 Å². The van der Waals surface area contributed by atoms with Crippen molar-refractivity contribution < 1.29 is 19.7 Å². The van der Waals surface area contributed by atoms with Crippen LogP contribution in [0, 0.1) is 28.6 Å². The first-order valence-electron chi connectivity index (χ1n) is 9.57. The highest BCUT2D eigenvalue weighted by atomic mass is 16.5. The van der Waals surface area contributed by atoms with Crippen LogP contribution in [-0.4, -0.2) is 35.5 Å². The van der Waals surface area contributed by atoms with Crippen molar-refractivity contribution in [3.05, 3.63) is 23.8 Å². The van der Waals surface area contributed by atoms with Gasteiger partial charge in [0.15, 0.2) is 0 Å². The van der Waals surface area contributed by atoms with Gasteiger partial charge in [0.05, 0.1) is 19.3 Å². The first kappa shape index (κ1) is 18.7. The molecule has 3 aliphatic rings. The molecule has 2 N–H and O–H groups in total. The summed E-state index contributed by atoms with van der Waals surface area (Å²) in [5, 5.41) is 20.6. The third-order valence-electron chi connectivity index (χ3n) is 7.50. The van der Waals surface area contributed by atoms with Crippen LogP contribution >= 0.6 is 0 Å². The van der Waals surface area contributed by atoms with Gasteiger partial charge in [-0.15, -0.1) is 0 Å². The summed E-state index contributed by atoms with van der Waals surface area (Å²) in [6.07, 6.45) is 5.93. The van der Waals surface area contributed by atoms with E-state index in [1.54, 1.807) is 0 Å². The molecule has 140 valence electrons. The number of esters is 1. The van der Waals surface area contributed by atoms with Crippen LogP contribution in [0.1, 0.15) is 52.9 Å². The zero-order valence-corrected chi connectivity index (χ0v) is 15.8. The summed E-state index contributed by atoms with van der Waals surface area (Å²) in [4.78, 5) is 11.9. The van der Waals surface area contributed by atoms with E-state index in [0.29, 0.717) is 13.0 Å². The summed E-state index contributed by atoms with van der Waals surface area (Å²) in [5.74, 6) is 0.507. The van der Waals surface area contributed by atoms with E-state index in [-0.39, 0.29) is 35.7 Å². The van der Waals surface area contributed by atoms with Crippen molar-refractivity contribution in [2.24, 2.45) is 28.6 Å². The Morgan fingerprint density at radius 3 is 2.68 bits per heavy atom. The van der Waals surface area contributed by atoms with Crippen LogP contribution in [0.2, 0.25) is 0 Å². The third kappa shape index (κ3) is 2.87. The van der Waals surface area contributed by atoms with Gasteiger partial charge >= 0.3 is 5.97 Å². The third-order valence-corrected chi connectivity index (χ3v) is 7.50. The van der Waals surface area contributed by atoms with Crippen LogP contribution in [-0.2, 0) is 9.53 Å². The van der Waals surface area contributed by atoms with E-state index in [0.717, 1.165) is 31.3 Å². The second kappa shape index (κ2) is 6.55. The Hall–Kier alpha value is -1.13. The molecular weight excluding hydrogens is 316 g/mol. The maximum atomic E-state index is 11.9. The van der Waals surface area contributed by atoms with Gasteiger partial charge < -0.3 is 14.9 Å². The van der Waals surface area contributed by atoms with Gasteiger partial charge in [-0.25, -0.2) is 4.79 Å². The van der Waals surface area contributed by atoms with Crippen molar-refractivity contribution in [1.29, 1.82) is 0 Å². The van der Waals surface area contributed by atoms with E-state index < -0.39 is 11.5 Å². The van der Waals surface area contributed by atoms with E-state index in [4.69, 9.17) is 4.74 Å². The molecule has 0 radical (unpaired) electrons. The lowest BCUT2D eigenvalue weighted by molar-refractivity contribution is -0.151. The molecule has 3 rings (SSSR count). The van der Waals surface area contributed by atoms with Crippen LogP contribution in [0.25, 0.3) is 0 Å². The summed E-state index contributed by atoms with van der Waals surface area (Å²) < 4.78 is 5.15. The number of aliphatic hydroxyl groups is 2. The minimum atomic E-state index is -0.460. The van der Waals surface area contributed by atoms with Crippen LogP contribution in [0.5, 0.6) is 0 Å². The minimum absolute atomic E-state index is 0.00511. The number of aliphatic hydroxyl groups excluding tert-OH is 2. The van der Waals surface area contributed by atoms with Crippen molar-refractivity contribution in [3.8, 4) is 0 Å². The predicted molar refractivity (Wildman–Crippen MR) is 96.7 cm³/mol. The van der Waals surface area contributed by atoms with Gasteiger partial charge in [-0.1, -0.05) is 39.0 Å². The average Bonchev–Trinajstić information content (AvgIpc) is 2.89. The van der Waals surface area contributed by atoms with Crippen LogP contribution in [0.3, 0.4) is 0 Å². The summed E-state index contributed by atoms with van der Waals surface area (Å²) in [7, 11) is 0. The number of ether oxygens (including phenoxy) is 1. The molecule has 4 nitrogen and oxygen atoms in total. The molecule has 3 fully saturated rings. The molecule has 1 saturated heterocycles. The zero-order valence-electron chi connectivity index (χ0n) is 15.8. The summed E-state index contributed by atoms with van der Waals surface area (Å²) in [5.41, 5.74) is 1.57. The first-order valence-corrected chi connectivity index (χ1v) is 9.57. The quantitative estimate of drug-likeness (QED) is 0.467. The van der Waals surface area contributed by atoms with E-state index in [1.807, 2.05) is 13.8 Å². The Morgan fingerprint density at radius 2 is 2.08 bits per heavy atom. The molecule has 1 aliphatic heterocycles. The SMILES string of the molecule is C=C1CC[C@@H]2[C@](C)(CO)[C@H](O)CC[C@@]2(C)[C@@H]1C/C=C1/C(=O)OC[C@H]1C. The molecular formula is C21H32O4. The van der Waals surface area contributed by atoms with Gasteiger partial charge in [0.2, 0.25) is 0 Å². The fourth-order valence-corrected chi connectivity index (χ4v) is 5.74. The van der Waals surface area contributed by atoms with E-state index >= 15 is 0 Å². The molecule has 0 aromatic heterocycles. The lowest BCUT2D eigenvalue weighted by Crippen LogP contribution is -2.57. The Bertz CT molecular complexity index is 595. The molecule has 2 aliphatic carbocycles. The lowest BCUT2D eigenvalue weighted by atomic mass is 9.46. The molecule has 1 heterocycles. The van der Waals surface area contributed by atoms with Gasteiger partial charge in [-0.05, 0) is 49.4 Å². The highest BCUT2D eigenvalue weighted by Gasteiger charge is 2.57. The monoisotopic (exact) mass is 348 g/mol.